The minimum Gasteiger partial charge on any atom is -0.375 e. The number of fused-ring (bicyclic) bond motifs is 1. The van der Waals surface area contributed by atoms with Crippen LogP contribution < -0.4 is 11.1 Å². The number of hydrogen-bond donors (Lipinski definition) is 2. The molecule has 1 aliphatic rings. The minimum atomic E-state index is -0.150. The number of nitrogens with one attached hydrogen (secondary N) is 1. The minimum absolute atomic E-state index is 0.0552. The lowest BCUT2D eigenvalue weighted by Crippen LogP contribution is -2.35. The Labute approximate surface area is 171 Å². The van der Waals surface area contributed by atoms with E-state index in [0.29, 0.717) is 40.8 Å². The van der Waals surface area contributed by atoms with E-state index in [1.165, 1.54) is 22.7 Å². The van der Waals surface area contributed by atoms with Crippen molar-refractivity contribution in [3.63, 3.8) is 0 Å². The molecule has 2 amide bonds. The van der Waals surface area contributed by atoms with Crippen molar-refractivity contribution < 1.29 is 9.59 Å². The van der Waals surface area contributed by atoms with Gasteiger partial charge in [0, 0.05) is 29.1 Å². The van der Waals surface area contributed by atoms with Gasteiger partial charge in [-0.3, -0.25) is 9.59 Å². The number of anilines is 2. The average molecular weight is 413 g/mol. The number of carbonyl (C=O) groups excluding carboxylic acids is 2. The second-order valence-electron chi connectivity index (χ2n) is 6.82. The predicted molar refractivity (Wildman–Crippen MR) is 113 cm³/mol. The molecule has 0 atom stereocenters. The fourth-order valence-corrected chi connectivity index (χ4v) is 4.96. The lowest BCUT2D eigenvalue weighted by Gasteiger charge is -2.26. The molecule has 28 heavy (non-hydrogen) atoms. The molecule has 8 heteroatoms. The summed E-state index contributed by atoms with van der Waals surface area (Å²) in [7, 11) is 0. The van der Waals surface area contributed by atoms with Crippen LogP contribution in [-0.2, 0) is 13.0 Å². The van der Waals surface area contributed by atoms with Crippen LogP contribution in [0.3, 0.4) is 0 Å². The van der Waals surface area contributed by atoms with Crippen molar-refractivity contribution in [2.45, 2.75) is 26.8 Å². The molecule has 0 unspecified atom stereocenters. The molecule has 144 valence electrons. The van der Waals surface area contributed by atoms with Crippen LogP contribution >= 0.6 is 22.7 Å². The van der Waals surface area contributed by atoms with Crippen molar-refractivity contribution in [1.82, 2.24) is 9.88 Å². The molecule has 4 rings (SSSR count). The summed E-state index contributed by atoms with van der Waals surface area (Å²) in [6, 6.07) is 7.35. The lowest BCUT2D eigenvalue weighted by molar-refractivity contribution is 0.0736. The van der Waals surface area contributed by atoms with E-state index in [9.17, 15) is 9.59 Å². The van der Waals surface area contributed by atoms with Gasteiger partial charge in [-0.1, -0.05) is 6.07 Å². The molecule has 6 nitrogen and oxygen atoms in total. The van der Waals surface area contributed by atoms with E-state index in [-0.39, 0.29) is 11.8 Å². The SMILES string of the molecule is Cc1ccc(C(=O)N2CCc3nc(N)sc3C2)cc1NC(=O)c1sccc1C. The lowest BCUT2D eigenvalue weighted by atomic mass is 10.1. The summed E-state index contributed by atoms with van der Waals surface area (Å²) in [6.45, 7) is 4.96. The third-order valence-electron chi connectivity index (χ3n) is 4.84. The molecule has 1 aliphatic heterocycles. The molecule has 0 saturated heterocycles. The number of hydrogen-bond acceptors (Lipinski definition) is 6. The number of aromatic nitrogens is 1. The van der Waals surface area contributed by atoms with E-state index in [2.05, 4.69) is 10.3 Å². The summed E-state index contributed by atoms with van der Waals surface area (Å²) in [5, 5.41) is 5.39. The maximum atomic E-state index is 13.0. The van der Waals surface area contributed by atoms with Crippen molar-refractivity contribution in [2.24, 2.45) is 0 Å². The number of thiophene rings is 1. The van der Waals surface area contributed by atoms with Gasteiger partial charge in [0.25, 0.3) is 11.8 Å². The molecule has 3 N–H and O–H groups in total. The van der Waals surface area contributed by atoms with Gasteiger partial charge in [0.2, 0.25) is 0 Å². The van der Waals surface area contributed by atoms with E-state index in [1.807, 2.05) is 31.4 Å². The quantitative estimate of drug-likeness (QED) is 0.684. The Hall–Kier alpha value is -2.71. The van der Waals surface area contributed by atoms with Crippen LogP contribution in [0.5, 0.6) is 0 Å². The number of aryl methyl sites for hydroxylation is 2. The topological polar surface area (TPSA) is 88.3 Å². The van der Waals surface area contributed by atoms with Crippen LogP contribution in [0, 0.1) is 13.8 Å². The van der Waals surface area contributed by atoms with Crippen molar-refractivity contribution in [2.75, 3.05) is 17.6 Å². The number of carbonyl (C=O) groups is 2. The third kappa shape index (κ3) is 3.53. The van der Waals surface area contributed by atoms with Crippen molar-refractivity contribution >= 4 is 45.3 Å². The van der Waals surface area contributed by atoms with Crippen LogP contribution in [0.4, 0.5) is 10.8 Å². The summed E-state index contributed by atoms with van der Waals surface area (Å²) in [6.07, 6.45) is 0.710. The fraction of sp³-hybridized carbons (Fsp3) is 0.250. The zero-order valence-electron chi connectivity index (χ0n) is 15.6. The van der Waals surface area contributed by atoms with Crippen LogP contribution in [0.1, 0.15) is 41.7 Å². The maximum absolute atomic E-state index is 13.0. The van der Waals surface area contributed by atoms with Gasteiger partial charge in [-0.2, -0.15) is 0 Å². The van der Waals surface area contributed by atoms with Crippen molar-refractivity contribution in [3.8, 4) is 0 Å². The Morgan fingerprint density at radius 1 is 1.21 bits per heavy atom. The summed E-state index contributed by atoms with van der Waals surface area (Å²) < 4.78 is 0. The molecule has 0 saturated carbocycles. The molecular weight excluding hydrogens is 392 g/mol. The predicted octanol–water partition coefficient (Wildman–Crippen LogP) is 3.85. The highest BCUT2D eigenvalue weighted by Gasteiger charge is 2.25. The molecule has 3 heterocycles. The van der Waals surface area contributed by atoms with E-state index in [0.717, 1.165) is 21.7 Å². The molecule has 0 spiro atoms. The zero-order chi connectivity index (χ0) is 19.8. The Balaban J connectivity index is 1.54. The molecule has 3 aromatic rings. The Kier molecular flexibility index (Phi) is 4.91. The van der Waals surface area contributed by atoms with Crippen molar-refractivity contribution in [3.05, 3.63) is 61.8 Å². The third-order valence-corrected chi connectivity index (χ3v) is 6.76. The Morgan fingerprint density at radius 2 is 2.04 bits per heavy atom. The van der Waals surface area contributed by atoms with Crippen molar-refractivity contribution in [1.29, 1.82) is 0 Å². The fourth-order valence-electron chi connectivity index (χ4n) is 3.25. The Bertz CT molecular complexity index is 1070. The van der Waals surface area contributed by atoms with Gasteiger partial charge in [0.05, 0.1) is 17.1 Å². The molecule has 0 radical (unpaired) electrons. The van der Waals surface area contributed by atoms with Gasteiger partial charge in [-0.25, -0.2) is 4.98 Å². The summed E-state index contributed by atoms with van der Waals surface area (Å²) in [5.41, 5.74) is 9.86. The monoisotopic (exact) mass is 412 g/mol. The number of benzene rings is 1. The average Bonchev–Trinajstić information content (AvgIpc) is 3.26. The molecule has 1 aromatic carbocycles. The highest BCUT2D eigenvalue weighted by molar-refractivity contribution is 7.15. The standard InChI is InChI=1S/C20H20N4O2S2/c1-11-3-4-13(9-15(11)22-18(25)17-12(2)6-8-27-17)19(26)24-7-5-14-16(10-24)28-20(21)23-14/h3-4,6,8-9H,5,7,10H2,1-2H3,(H2,21,23)(H,22,25). The van der Waals surface area contributed by atoms with Gasteiger partial charge < -0.3 is 16.0 Å². The Morgan fingerprint density at radius 3 is 2.79 bits per heavy atom. The van der Waals surface area contributed by atoms with E-state index in [4.69, 9.17) is 5.73 Å². The zero-order valence-corrected chi connectivity index (χ0v) is 17.2. The van der Waals surface area contributed by atoms with Gasteiger partial charge in [-0.15, -0.1) is 22.7 Å². The first-order valence-electron chi connectivity index (χ1n) is 8.92. The first kappa shape index (κ1) is 18.6. The van der Waals surface area contributed by atoms with Gasteiger partial charge in [0.15, 0.2) is 5.13 Å². The number of amides is 2. The number of nitrogens with two attached hydrogens (primary N) is 1. The number of nitrogens with zero attached hydrogens (tertiary/aromatic N) is 2. The van der Waals surface area contributed by atoms with E-state index in [1.54, 1.807) is 17.0 Å². The van der Waals surface area contributed by atoms with Gasteiger partial charge in [0.1, 0.15) is 0 Å². The second kappa shape index (κ2) is 7.37. The van der Waals surface area contributed by atoms with Crippen LogP contribution in [0.2, 0.25) is 0 Å². The molecular formula is C20H20N4O2S2. The van der Waals surface area contributed by atoms with Crippen LogP contribution in [-0.4, -0.2) is 28.2 Å². The highest BCUT2D eigenvalue weighted by atomic mass is 32.1. The second-order valence-corrected chi connectivity index (χ2v) is 8.85. The first-order valence-corrected chi connectivity index (χ1v) is 10.6. The number of thiazole rings is 1. The maximum Gasteiger partial charge on any atom is 0.266 e. The summed E-state index contributed by atoms with van der Waals surface area (Å²) in [4.78, 5) is 33.4. The first-order chi connectivity index (χ1) is 13.4. The normalized spacial score (nSPS) is 13.3. The van der Waals surface area contributed by atoms with Crippen LogP contribution in [0.25, 0.3) is 0 Å². The molecule has 0 fully saturated rings. The number of rotatable bonds is 3. The van der Waals surface area contributed by atoms with Crippen LogP contribution in [0.15, 0.2) is 29.6 Å². The smallest absolute Gasteiger partial charge is 0.266 e. The van der Waals surface area contributed by atoms with E-state index >= 15 is 0 Å². The molecule has 0 bridgehead atoms. The molecule has 0 aliphatic carbocycles. The van der Waals surface area contributed by atoms with E-state index < -0.39 is 0 Å². The summed E-state index contributed by atoms with van der Waals surface area (Å²) in [5.74, 6) is -0.205. The largest absolute Gasteiger partial charge is 0.375 e. The molecule has 2 aromatic heterocycles. The van der Waals surface area contributed by atoms with Gasteiger partial charge in [-0.05, 0) is 48.6 Å². The highest BCUT2D eigenvalue weighted by Crippen LogP contribution is 2.28. The summed E-state index contributed by atoms with van der Waals surface area (Å²) >= 11 is 2.85. The van der Waals surface area contributed by atoms with Gasteiger partial charge >= 0.3 is 0 Å². The number of nitrogen functional groups attached to an aromatic ring is 1.